The third kappa shape index (κ3) is 3.06. The van der Waals surface area contributed by atoms with Crippen molar-refractivity contribution < 1.29 is 8.42 Å². The Kier molecular flexibility index (Phi) is 4.38. The first-order chi connectivity index (χ1) is 12.6. The van der Waals surface area contributed by atoms with E-state index in [0.717, 1.165) is 21.7 Å². The minimum absolute atomic E-state index is 0.264. The van der Waals surface area contributed by atoms with Crippen LogP contribution in [0.25, 0.3) is 0 Å². The Bertz CT molecular complexity index is 1030. The van der Waals surface area contributed by atoms with Gasteiger partial charge >= 0.3 is 0 Å². The topological polar surface area (TPSA) is 49.7 Å². The number of hydrogen-bond donors (Lipinski definition) is 0. The third-order valence-corrected chi connectivity index (χ3v) is 7.04. The van der Waals surface area contributed by atoms with Crippen molar-refractivity contribution in [2.75, 3.05) is 0 Å². The third-order valence-electron chi connectivity index (χ3n) is 4.43. The predicted octanol–water partition coefficient (Wildman–Crippen LogP) is 4.60. The second-order valence-corrected chi connectivity index (χ2v) is 8.99. The summed E-state index contributed by atoms with van der Waals surface area (Å²) in [5.74, 6) is 0. The first kappa shape index (κ1) is 17.0. The van der Waals surface area contributed by atoms with Gasteiger partial charge in [0.2, 0.25) is 0 Å². The number of thiophene rings is 1. The highest BCUT2D eigenvalue weighted by atomic mass is 32.2. The Morgan fingerprint density at radius 3 is 2.38 bits per heavy atom. The van der Waals surface area contributed by atoms with Crippen molar-refractivity contribution >= 4 is 27.1 Å². The van der Waals surface area contributed by atoms with Crippen LogP contribution in [0.2, 0.25) is 0 Å². The molecule has 4 rings (SSSR count). The summed E-state index contributed by atoms with van der Waals surface area (Å²) in [7, 11) is -3.73. The van der Waals surface area contributed by atoms with E-state index >= 15 is 0 Å². The van der Waals surface area contributed by atoms with E-state index in [9.17, 15) is 8.42 Å². The SMILES string of the molecule is Cc1ccc(S(=O)(=O)N2N=C(c3cccs3)C[C@H]2c2ccccc2)cc1. The summed E-state index contributed by atoms with van der Waals surface area (Å²) < 4.78 is 27.8. The van der Waals surface area contributed by atoms with Crippen LogP contribution >= 0.6 is 11.3 Å². The molecule has 26 heavy (non-hydrogen) atoms. The van der Waals surface area contributed by atoms with Gasteiger partial charge in [0.05, 0.1) is 21.5 Å². The number of benzene rings is 2. The van der Waals surface area contributed by atoms with Crippen LogP contribution in [0.1, 0.15) is 28.5 Å². The molecule has 0 bridgehead atoms. The van der Waals surface area contributed by atoms with Crippen molar-refractivity contribution in [1.29, 1.82) is 0 Å². The molecule has 1 aliphatic heterocycles. The number of hydrazone groups is 1. The van der Waals surface area contributed by atoms with Crippen molar-refractivity contribution in [3.8, 4) is 0 Å². The van der Waals surface area contributed by atoms with E-state index in [1.165, 1.54) is 4.41 Å². The van der Waals surface area contributed by atoms with Gasteiger partial charge in [-0.25, -0.2) is 0 Å². The molecule has 0 unspecified atom stereocenters. The molecule has 132 valence electrons. The van der Waals surface area contributed by atoms with Crippen LogP contribution in [0.3, 0.4) is 0 Å². The average molecular weight is 383 g/mol. The summed E-state index contributed by atoms with van der Waals surface area (Å²) in [6.45, 7) is 1.94. The minimum Gasteiger partial charge on any atom is -0.200 e. The summed E-state index contributed by atoms with van der Waals surface area (Å²) in [5.41, 5.74) is 2.77. The van der Waals surface area contributed by atoms with Crippen molar-refractivity contribution in [2.24, 2.45) is 5.10 Å². The second kappa shape index (κ2) is 6.70. The molecular formula is C20H18N2O2S2. The van der Waals surface area contributed by atoms with Crippen LogP contribution in [0.15, 0.2) is 82.1 Å². The zero-order valence-electron chi connectivity index (χ0n) is 14.2. The van der Waals surface area contributed by atoms with E-state index in [4.69, 9.17) is 0 Å². The molecule has 1 atom stereocenters. The zero-order valence-corrected chi connectivity index (χ0v) is 15.9. The maximum Gasteiger partial charge on any atom is 0.279 e. The van der Waals surface area contributed by atoms with Crippen molar-refractivity contribution in [3.05, 3.63) is 88.1 Å². The van der Waals surface area contributed by atoms with Gasteiger partial charge in [-0.3, -0.25) is 0 Å². The monoisotopic (exact) mass is 382 g/mol. The van der Waals surface area contributed by atoms with Gasteiger partial charge in [-0.05, 0) is 36.1 Å². The molecule has 0 spiro atoms. The van der Waals surface area contributed by atoms with Crippen molar-refractivity contribution in [2.45, 2.75) is 24.3 Å². The number of rotatable bonds is 4. The van der Waals surface area contributed by atoms with Crippen LogP contribution in [0.5, 0.6) is 0 Å². The highest BCUT2D eigenvalue weighted by molar-refractivity contribution is 7.89. The summed E-state index contributed by atoms with van der Waals surface area (Å²) in [6.07, 6.45) is 0.565. The molecule has 0 aliphatic carbocycles. The number of sulfonamides is 1. The van der Waals surface area contributed by atoms with Gasteiger partial charge in [0, 0.05) is 6.42 Å². The van der Waals surface area contributed by atoms with Gasteiger partial charge in [0.15, 0.2) is 0 Å². The highest BCUT2D eigenvalue weighted by Gasteiger charge is 2.37. The zero-order chi connectivity index (χ0) is 18.1. The van der Waals surface area contributed by atoms with Crippen molar-refractivity contribution in [3.63, 3.8) is 0 Å². The molecule has 1 aromatic heterocycles. The molecule has 0 saturated heterocycles. The lowest BCUT2D eigenvalue weighted by atomic mass is 10.0. The molecule has 1 aliphatic rings. The smallest absolute Gasteiger partial charge is 0.200 e. The van der Waals surface area contributed by atoms with E-state index in [0.29, 0.717) is 6.42 Å². The Labute approximate surface area is 157 Å². The molecule has 2 heterocycles. The lowest BCUT2D eigenvalue weighted by Gasteiger charge is -2.23. The molecule has 2 aromatic carbocycles. The van der Waals surface area contributed by atoms with Gasteiger partial charge in [0.1, 0.15) is 0 Å². The fourth-order valence-electron chi connectivity index (χ4n) is 3.04. The maximum atomic E-state index is 13.3. The van der Waals surface area contributed by atoms with Gasteiger partial charge in [0.25, 0.3) is 10.0 Å². The van der Waals surface area contributed by atoms with Crippen LogP contribution in [-0.4, -0.2) is 18.5 Å². The number of nitrogens with zero attached hydrogens (tertiary/aromatic N) is 2. The highest BCUT2D eigenvalue weighted by Crippen LogP contribution is 2.37. The van der Waals surface area contributed by atoms with Crippen molar-refractivity contribution in [1.82, 2.24) is 4.41 Å². The summed E-state index contributed by atoms with van der Waals surface area (Å²) in [6, 6.07) is 20.2. The molecular weight excluding hydrogens is 364 g/mol. The van der Waals surface area contributed by atoms with E-state index in [-0.39, 0.29) is 10.9 Å². The molecule has 0 fully saturated rings. The first-order valence-electron chi connectivity index (χ1n) is 8.33. The molecule has 0 N–H and O–H groups in total. The standard InChI is InChI=1S/C20H18N2O2S2/c1-15-9-11-17(12-10-15)26(23,24)22-19(16-6-3-2-4-7-16)14-18(21-22)20-8-5-13-25-20/h2-13,19H,14H2,1H3/t19-/m0/s1. The van der Waals surface area contributed by atoms with E-state index in [1.54, 1.807) is 23.5 Å². The van der Waals surface area contributed by atoms with Gasteiger partial charge in [-0.2, -0.15) is 17.9 Å². The summed E-state index contributed by atoms with van der Waals surface area (Å²) in [5, 5.41) is 6.51. The molecule has 0 radical (unpaired) electrons. The van der Waals surface area contributed by atoms with Gasteiger partial charge < -0.3 is 0 Å². The van der Waals surface area contributed by atoms with E-state index in [2.05, 4.69) is 5.10 Å². The number of aryl methyl sites for hydroxylation is 1. The molecule has 0 amide bonds. The average Bonchev–Trinajstić information content (AvgIpc) is 3.33. The first-order valence-corrected chi connectivity index (χ1v) is 10.6. The van der Waals surface area contributed by atoms with Crippen LogP contribution in [-0.2, 0) is 10.0 Å². The molecule has 4 nitrogen and oxygen atoms in total. The molecule has 6 heteroatoms. The van der Waals surface area contributed by atoms with Crippen LogP contribution < -0.4 is 0 Å². The second-order valence-electron chi connectivity index (χ2n) is 6.25. The Hall–Kier alpha value is -2.44. The summed E-state index contributed by atoms with van der Waals surface area (Å²) in [4.78, 5) is 1.27. The lowest BCUT2D eigenvalue weighted by Crippen LogP contribution is -2.27. The number of hydrogen-bond acceptors (Lipinski definition) is 4. The lowest BCUT2D eigenvalue weighted by molar-refractivity contribution is 0.371. The quantitative estimate of drug-likeness (QED) is 0.662. The fourth-order valence-corrected chi connectivity index (χ4v) is 5.20. The van der Waals surface area contributed by atoms with E-state index in [1.807, 2.05) is 66.9 Å². The van der Waals surface area contributed by atoms with E-state index < -0.39 is 10.0 Å². The van der Waals surface area contributed by atoms with Crippen LogP contribution in [0, 0.1) is 6.92 Å². The maximum absolute atomic E-state index is 13.3. The Balaban J connectivity index is 1.79. The summed E-state index contributed by atoms with van der Waals surface area (Å²) >= 11 is 1.58. The normalized spacial score (nSPS) is 17.3. The minimum atomic E-state index is -3.73. The van der Waals surface area contributed by atoms with Gasteiger partial charge in [-0.1, -0.05) is 54.1 Å². The Morgan fingerprint density at radius 1 is 1.00 bits per heavy atom. The van der Waals surface area contributed by atoms with Crippen LogP contribution in [0.4, 0.5) is 0 Å². The largest absolute Gasteiger partial charge is 0.279 e. The van der Waals surface area contributed by atoms with Gasteiger partial charge in [-0.15, -0.1) is 11.3 Å². The molecule has 0 saturated carbocycles. The predicted molar refractivity (Wildman–Crippen MR) is 105 cm³/mol. The fraction of sp³-hybridized carbons (Fsp3) is 0.150. The Morgan fingerprint density at radius 2 is 1.73 bits per heavy atom. The molecule has 3 aromatic rings.